The van der Waals surface area contributed by atoms with Crippen LogP contribution in [0.4, 0.5) is 17.1 Å². The molecule has 1 saturated heterocycles. The van der Waals surface area contributed by atoms with Gasteiger partial charge in [-0.25, -0.2) is 0 Å². The number of rotatable bonds is 7. The normalized spacial score (nSPS) is 15.2. The van der Waals surface area contributed by atoms with Crippen LogP contribution in [-0.4, -0.2) is 79.7 Å². The number of fused-ring (bicyclic) bond motifs is 1. The third-order valence-corrected chi connectivity index (χ3v) is 9.32. The highest BCUT2D eigenvalue weighted by atomic mass is 16.2. The predicted octanol–water partition coefficient (Wildman–Crippen LogP) is 5.85. The summed E-state index contributed by atoms with van der Waals surface area (Å²) >= 11 is 0. The number of piperidine rings is 1. The molecule has 0 aromatic heterocycles. The van der Waals surface area contributed by atoms with Gasteiger partial charge < -0.3 is 24.9 Å². The average molecular weight is 644 g/mol. The zero-order chi connectivity index (χ0) is 33.8. The highest BCUT2D eigenvalue weighted by Gasteiger charge is 2.33. The number of likely N-dealkylation sites (tertiary alicyclic amines) is 1. The van der Waals surface area contributed by atoms with E-state index in [1.165, 1.54) is 4.90 Å². The Kier molecular flexibility index (Phi) is 9.68. The second-order valence-electron chi connectivity index (χ2n) is 12.7. The Labute approximate surface area is 281 Å². The van der Waals surface area contributed by atoms with Crippen molar-refractivity contribution in [1.82, 2.24) is 9.80 Å². The lowest BCUT2D eigenvalue weighted by Gasteiger charge is -2.36. The van der Waals surface area contributed by atoms with Gasteiger partial charge >= 0.3 is 0 Å². The van der Waals surface area contributed by atoms with Crippen LogP contribution in [0, 0.1) is 6.92 Å². The molecule has 0 saturated carbocycles. The number of aryl methyl sites for hydroxylation is 1. The minimum atomic E-state index is -0.267. The molecule has 0 aliphatic carbocycles. The zero-order valence-electron chi connectivity index (χ0n) is 27.7. The Morgan fingerprint density at radius 3 is 2.12 bits per heavy atom. The quantitative estimate of drug-likeness (QED) is 0.273. The van der Waals surface area contributed by atoms with Crippen molar-refractivity contribution in [3.05, 3.63) is 114 Å². The number of hydrogen-bond donors (Lipinski definition) is 1. The fraction of sp³-hybridized carbons (Fsp3) is 0.282. The minimum absolute atomic E-state index is 0.0635. The standard InChI is InChI=1S/C39H41N5O4/c1-27-12-14-28(15-13-27)32-8-4-5-9-33(32)38(47)40-30-18-16-29(17-19-30)39(48)43-25-22-36(45)44(35-11-7-6-10-34(35)43)26-37(46)42-23-20-31(21-24-42)41(2)3/h4-19,31H,20-26H2,1-3H3,(H,40,47). The van der Waals surface area contributed by atoms with Gasteiger partial charge in [-0.15, -0.1) is 0 Å². The number of amides is 4. The summed E-state index contributed by atoms with van der Waals surface area (Å²) in [5.74, 6) is -0.800. The zero-order valence-corrected chi connectivity index (χ0v) is 27.7. The molecule has 0 unspecified atom stereocenters. The van der Waals surface area contributed by atoms with Gasteiger partial charge in [0.2, 0.25) is 11.8 Å². The van der Waals surface area contributed by atoms with Gasteiger partial charge in [-0.1, -0.05) is 60.2 Å². The average Bonchev–Trinajstić information content (AvgIpc) is 3.24. The summed E-state index contributed by atoms with van der Waals surface area (Å²) in [5, 5.41) is 2.96. The van der Waals surface area contributed by atoms with Gasteiger partial charge in [0.05, 0.1) is 11.4 Å². The lowest BCUT2D eigenvalue weighted by molar-refractivity contribution is -0.132. The second-order valence-corrected chi connectivity index (χ2v) is 12.7. The highest BCUT2D eigenvalue weighted by molar-refractivity contribution is 6.12. The maximum atomic E-state index is 13.9. The van der Waals surface area contributed by atoms with Crippen molar-refractivity contribution in [3.63, 3.8) is 0 Å². The number of carbonyl (C=O) groups is 4. The molecule has 1 fully saturated rings. The molecule has 0 spiro atoms. The first kappa shape index (κ1) is 32.7. The molecule has 6 rings (SSSR count). The van der Waals surface area contributed by atoms with E-state index in [2.05, 4.69) is 24.3 Å². The first-order chi connectivity index (χ1) is 23.2. The van der Waals surface area contributed by atoms with Crippen LogP contribution in [0.15, 0.2) is 97.1 Å². The molecule has 48 heavy (non-hydrogen) atoms. The van der Waals surface area contributed by atoms with E-state index in [1.807, 2.05) is 72.5 Å². The van der Waals surface area contributed by atoms with E-state index in [1.54, 1.807) is 41.3 Å². The van der Waals surface area contributed by atoms with E-state index < -0.39 is 0 Å². The van der Waals surface area contributed by atoms with Crippen LogP contribution in [-0.2, 0) is 9.59 Å². The minimum Gasteiger partial charge on any atom is -0.341 e. The monoisotopic (exact) mass is 643 g/mol. The van der Waals surface area contributed by atoms with Gasteiger partial charge in [0.25, 0.3) is 11.8 Å². The van der Waals surface area contributed by atoms with Crippen molar-refractivity contribution in [3.8, 4) is 11.1 Å². The van der Waals surface area contributed by atoms with E-state index in [0.717, 1.165) is 29.5 Å². The van der Waals surface area contributed by atoms with E-state index in [9.17, 15) is 19.2 Å². The van der Waals surface area contributed by atoms with E-state index in [-0.39, 0.29) is 43.1 Å². The SMILES string of the molecule is Cc1ccc(-c2ccccc2C(=O)Nc2ccc(C(=O)N3CCC(=O)N(CC(=O)N4CCC(N(C)C)CC4)c4ccccc43)cc2)cc1. The Morgan fingerprint density at radius 2 is 1.44 bits per heavy atom. The molecule has 0 atom stereocenters. The number of benzene rings is 4. The van der Waals surface area contributed by atoms with Crippen LogP contribution in [0.2, 0.25) is 0 Å². The van der Waals surface area contributed by atoms with Crippen LogP contribution in [0.1, 0.15) is 45.5 Å². The van der Waals surface area contributed by atoms with Gasteiger partial charge in [-0.3, -0.25) is 19.2 Å². The van der Waals surface area contributed by atoms with E-state index in [4.69, 9.17) is 0 Å². The second kappa shape index (κ2) is 14.2. The third-order valence-electron chi connectivity index (χ3n) is 9.32. The van der Waals surface area contributed by atoms with Crippen LogP contribution in [0.3, 0.4) is 0 Å². The van der Waals surface area contributed by atoms with Crippen molar-refractivity contribution >= 4 is 40.7 Å². The summed E-state index contributed by atoms with van der Waals surface area (Å²) in [7, 11) is 4.12. The molecule has 246 valence electrons. The maximum Gasteiger partial charge on any atom is 0.258 e. The van der Waals surface area contributed by atoms with E-state index >= 15 is 0 Å². The molecule has 4 aromatic rings. The summed E-state index contributed by atoms with van der Waals surface area (Å²) in [5.41, 5.74) is 5.58. The molecule has 2 aliphatic rings. The Hall–Kier alpha value is -5.28. The highest BCUT2D eigenvalue weighted by Crippen LogP contribution is 2.34. The number of para-hydroxylation sites is 2. The van der Waals surface area contributed by atoms with Gasteiger partial charge in [-0.05, 0) is 87.5 Å². The largest absolute Gasteiger partial charge is 0.341 e. The molecule has 9 heteroatoms. The van der Waals surface area contributed by atoms with Crippen LogP contribution < -0.4 is 15.1 Å². The molecule has 4 amide bonds. The summed E-state index contributed by atoms with van der Waals surface area (Å²) < 4.78 is 0. The Bertz CT molecular complexity index is 1810. The van der Waals surface area contributed by atoms with Gasteiger partial charge in [0.15, 0.2) is 0 Å². The van der Waals surface area contributed by atoms with Crippen molar-refractivity contribution in [2.24, 2.45) is 0 Å². The summed E-state index contributed by atoms with van der Waals surface area (Å²) in [6, 6.07) is 30.0. The smallest absolute Gasteiger partial charge is 0.258 e. The van der Waals surface area contributed by atoms with E-state index in [0.29, 0.717) is 47.3 Å². The lowest BCUT2D eigenvalue weighted by Crippen LogP contribution is -2.48. The van der Waals surface area contributed by atoms with Gasteiger partial charge in [0, 0.05) is 48.9 Å². The predicted molar refractivity (Wildman–Crippen MR) is 189 cm³/mol. The number of nitrogens with zero attached hydrogens (tertiary/aromatic N) is 4. The number of hydrogen-bond acceptors (Lipinski definition) is 5. The molecule has 2 aliphatic heterocycles. The van der Waals surface area contributed by atoms with Crippen LogP contribution in [0.25, 0.3) is 11.1 Å². The Morgan fingerprint density at radius 1 is 0.792 bits per heavy atom. The fourth-order valence-corrected chi connectivity index (χ4v) is 6.49. The third kappa shape index (κ3) is 7.01. The van der Waals surface area contributed by atoms with Crippen molar-refractivity contribution in [1.29, 1.82) is 0 Å². The lowest BCUT2D eigenvalue weighted by atomic mass is 9.98. The first-order valence-electron chi connectivity index (χ1n) is 16.4. The molecule has 9 nitrogen and oxygen atoms in total. The van der Waals surface area contributed by atoms with Crippen molar-refractivity contribution in [2.45, 2.75) is 32.2 Å². The first-order valence-corrected chi connectivity index (χ1v) is 16.4. The van der Waals surface area contributed by atoms with Crippen LogP contribution >= 0.6 is 0 Å². The molecular weight excluding hydrogens is 602 g/mol. The maximum absolute atomic E-state index is 13.9. The molecule has 1 N–H and O–H groups in total. The molecular formula is C39H41N5O4. The summed E-state index contributed by atoms with van der Waals surface area (Å²) in [6.07, 6.45) is 1.88. The van der Waals surface area contributed by atoms with Crippen molar-refractivity contribution < 1.29 is 19.2 Å². The summed E-state index contributed by atoms with van der Waals surface area (Å²) in [4.78, 5) is 61.2. The molecule has 0 radical (unpaired) electrons. The number of carbonyl (C=O) groups excluding carboxylic acids is 4. The van der Waals surface area contributed by atoms with Gasteiger partial charge in [0.1, 0.15) is 6.54 Å². The van der Waals surface area contributed by atoms with Crippen LogP contribution in [0.5, 0.6) is 0 Å². The molecule has 4 aromatic carbocycles. The van der Waals surface area contributed by atoms with Gasteiger partial charge in [-0.2, -0.15) is 0 Å². The van der Waals surface area contributed by atoms with Crippen molar-refractivity contribution in [2.75, 3.05) is 55.4 Å². The fourth-order valence-electron chi connectivity index (χ4n) is 6.49. The summed E-state index contributed by atoms with van der Waals surface area (Å²) in [6.45, 7) is 3.46. The topological polar surface area (TPSA) is 93.3 Å². The molecule has 0 bridgehead atoms. The number of nitrogens with one attached hydrogen (secondary N) is 1. The number of anilines is 3. The Balaban J connectivity index is 1.16. The molecule has 2 heterocycles.